The van der Waals surface area contributed by atoms with Crippen LogP contribution in [0.1, 0.15) is 16.1 Å². The number of benzene rings is 1. The second kappa shape index (κ2) is 3.88. The van der Waals surface area contributed by atoms with Crippen LogP contribution in [0.15, 0.2) is 18.2 Å². The minimum atomic E-state index is -0.700. The molecule has 1 aromatic carbocycles. The van der Waals surface area contributed by atoms with Crippen LogP contribution in [0.25, 0.3) is 16.9 Å². The third-order valence-electron chi connectivity index (χ3n) is 2.52. The molecular formula is C10H7ClN6O. The van der Waals surface area contributed by atoms with Gasteiger partial charge >= 0.3 is 0 Å². The Balaban J connectivity index is 2.26. The van der Waals surface area contributed by atoms with Gasteiger partial charge in [0.1, 0.15) is 5.52 Å². The molecule has 1 N–H and O–H groups in total. The van der Waals surface area contributed by atoms with Gasteiger partial charge < -0.3 is 0 Å². The molecule has 0 radical (unpaired) electrons. The first-order valence-electron chi connectivity index (χ1n) is 5.10. The summed E-state index contributed by atoms with van der Waals surface area (Å²) in [4.78, 5) is 11.2. The van der Waals surface area contributed by atoms with E-state index in [0.717, 1.165) is 11.1 Å². The molecular weight excluding hydrogens is 256 g/mol. The van der Waals surface area contributed by atoms with Crippen molar-refractivity contribution in [1.29, 1.82) is 0 Å². The van der Waals surface area contributed by atoms with Gasteiger partial charge in [-0.05, 0) is 36.2 Å². The van der Waals surface area contributed by atoms with Crippen molar-refractivity contribution in [2.24, 2.45) is 0 Å². The fourth-order valence-corrected chi connectivity index (χ4v) is 1.82. The largest absolute Gasteiger partial charge is 0.276 e. The zero-order valence-electron chi connectivity index (χ0n) is 9.25. The zero-order valence-corrected chi connectivity index (χ0v) is 10.0. The quantitative estimate of drug-likeness (QED) is 0.702. The lowest BCUT2D eigenvalue weighted by molar-refractivity contribution is 0.107. The summed E-state index contributed by atoms with van der Waals surface area (Å²) in [6.45, 7) is 1.96. The maximum Gasteiger partial charge on any atom is 0.276 e. The first-order valence-corrected chi connectivity index (χ1v) is 5.47. The number of carbonyl (C=O) groups is 1. The van der Waals surface area contributed by atoms with E-state index < -0.39 is 5.24 Å². The SMILES string of the molecule is Cc1ccc2c(c1)nnn2-c1n[nH]nc1C(=O)Cl. The van der Waals surface area contributed by atoms with Crippen LogP contribution in [-0.2, 0) is 0 Å². The standard InChI is InChI=1S/C10H7ClN6O/c1-5-2-3-7-6(4-5)12-16-17(7)10-8(9(11)18)13-15-14-10/h2-4H,1H3,(H,13,14,15). The Morgan fingerprint density at radius 1 is 1.39 bits per heavy atom. The number of aromatic nitrogens is 6. The van der Waals surface area contributed by atoms with Gasteiger partial charge in [-0.25, -0.2) is 0 Å². The Morgan fingerprint density at radius 3 is 3.00 bits per heavy atom. The number of hydrogen-bond donors (Lipinski definition) is 1. The lowest BCUT2D eigenvalue weighted by atomic mass is 10.2. The van der Waals surface area contributed by atoms with Gasteiger partial charge in [-0.1, -0.05) is 11.3 Å². The van der Waals surface area contributed by atoms with Crippen LogP contribution in [0.4, 0.5) is 0 Å². The maximum absolute atomic E-state index is 11.2. The van der Waals surface area contributed by atoms with Gasteiger partial charge in [-0.3, -0.25) is 4.79 Å². The first kappa shape index (κ1) is 10.8. The number of carbonyl (C=O) groups excluding carboxylic acids is 1. The predicted molar refractivity (Wildman–Crippen MR) is 63.7 cm³/mol. The van der Waals surface area contributed by atoms with E-state index in [1.54, 1.807) is 0 Å². The van der Waals surface area contributed by atoms with Crippen LogP contribution in [0.2, 0.25) is 0 Å². The van der Waals surface area contributed by atoms with Crippen LogP contribution in [0.5, 0.6) is 0 Å². The molecule has 2 aromatic heterocycles. The van der Waals surface area contributed by atoms with Gasteiger partial charge in [-0.2, -0.15) is 9.90 Å². The fourth-order valence-electron chi connectivity index (χ4n) is 1.70. The highest BCUT2D eigenvalue weighted by Crippen LogP contribution is 2.18. The second-order valence-electron chi connectivity index (χ2n) is 3.76. The molecule has 2 heterocycles. The zero-order chi connectivity index (χ0) is 12.7. The van der Waals surface area contributed by atoms with Crippen molar-refractivity contribution in [3.8, 4) is 5.82 Å². The highest BCUT2D eigenvalue weighted by molar-refractivity contribution is 6.67. The van der Waals surface area contributed by atoms with E-state index >= 15 is 0 Å². The number of rotatable bonds is 2. The van der Waals surface area contributed by atoms with Gasteiger partial charge in [-0.15, -0.1) is 15.3 Å². The highest BCUT2D eigenvalue weighted by atomic mass is 35.5. The molecule has 0 aliphatic heterocycles. The molecule has 0 atom stereocenters. The minimum Gasteiger partial charge on any atom is -0.274 e. The molecule has 0 saturated heterocycles. The summed E-state index contributed by atoms with van der Waals surface area (Å²) in [6, 6.07) is 5.66. The average Bonchev–Trinajstić information content (AvgIpc) is 2.92. The van der Waals surface area contributed by atoms with E-state index in [2.05, 4.69) is 25.7 Å². The number of nitrogens with zero attached hydrogens (tertiary/aromatic N) is 5. The van der Waals surface area contributed by atoms with E-state index in [1.807, 2.05) is 25.1 Å². The fraction of sp³-hybridized carbons (Fsp3) is 0.100. The molecule has 0 amide bonds. The van der Waals surface area contributed by atoms with Crippen LogP contribution in [-0.4, -0.2) is 35.6 Å². The number of nitrogens with one attached hydrogen (secondary N) is 1. The van der Waals surface area contributed by atoms with E-state index in [4.69, 9.17) is 11.6 Å². The van der Waals surface area contributed by atoms with Gasteiger partial charge in [0, 0.05) is 0 Å². The van der Waals surface area contributed by atoms with Crippen molar-refractivity contribution in [3.63, 3.8) is 0 Å². The lowest BCUT2D eigenvalue weighted by Crippen LogP contribution is -2.03. The summed E-state index contributed by atoms with van der Waals surface area (Å²) >= 11 is 5.42. The van der Waals surface area contributed by atoms with E-state index in [1.165, 1.54) is 4.68 Å². The van der Waals surface area contributed by atoms with E-state index in [9.17, 15) is 4.79 Å². The third kappa shape index (κ3) is 1.56. The normalized spacial score (nSPS) is 11.0. The molecule has 90 valence electrons. The number of H-pyrrole nitrogens is 1. The summed E-state index contributed by atoms with van der Waals surface area (Å²) < 4.78 is 1.42. The van der Waals surface area contributed by atoms with Gasteiger partial charge in [0.15, 0.2) is 5.69 Å². The molecule has 0 saturated carbocycles. The molecule has 3 rings (SSSR count). The number of aromatic amines is 1. The van der Waals surface area contributed by atoms with Crippen molar-refractivity contribution < 1.29 is 4.79 Å². The Kier molecular flexibility index (Phi) is 2.34. The van der Waals surface area contributed by atoms with Crippen molar-refractivity contribution in [1.82, 2.24) is 30.4 Å². The number of hydrogen-bond acceptors (Lipinski definition) is 5. The second-order valence-corrected chi connectivity index (χ2v) is 4.11. The van der Waals surface area contributed by atoms with Crippen LogP contribution < -0.4 is 0 Å². The molecule has 0 aliphatic rings. The van der Waals surface area contributed by atoms with Crippen LogP contribution in [0, 0.1) is 6.92 Å². The molecule has 18 heavy (non-hydrogen) atoms. The topological polar surface area (TPSA) is 89.3 Å². The number of fused-ring (bicyclic) bond motifs is 1. The highest BCUT2D eigenvalue weighted by Gasteiger charge is 2.18. The summed E-state index contributed by atoms with van der Waals surface area (Å²) in [7, 11) is 0. The van der Waals surface area contributed by atoms with Crippen LogP contribution >= 0.6 is 11.6 Å². The van der Waals surface area contributed by atoms with Crippen molar-refractivity contribution in [2.75, 3.05) is 0 Å². The van der Waals surface area contributed by atoms with Crippen molar-refractivity contribution >= 4 is 27.9 Å². The molecule has 0 spiro atoms. The van der Waals surface area contributed by atoms with Crippen LogP contribution in [0.3, 0.4) is 0 Å². The molecule has 0 fully saturated rings. The van der Waals surface area contributed by atoms with Gasteiger partial charge in [0.2, 0.25) is 5.82 Å². The summed E-state index contributed by atoms with van der Waals surface area (Å²) in [5.41, 5.74) is 2.53. The lowest BCUT2D eigenvalue weighted by Gasteiger charge is -1.98. The first-order chi connectivity index (χ1) is 8.66. The van der Waals surface area contributed by atoms with E-state index in [-0.39, 0.29) is 11.5 Å². The van der Waals surface area contributed by atoms with Crippen molar-refractivity contribution in [3.05, 3.63) is 29.5 Å². The Morgan fingerprint density at radius 2 is 2.22 bits per heavy atom. The Hall–Kier alpha value is -2.28. The summed E-state index contributed by atoms with van der Waals surface area (Å²) in [5.74, 6) is 0.237. The average molecular weight is 263 g/mol. The van der Waals surface area contributed by atoms with Crippen molar-refractivity contribution in [2.45, 2.75) is 6.92 Å². The van der Waals surface area contributed by atoms with Gasteiger partial charge in [0.05, 0.1) is 5.52 Å². The monoisotopic (exact) mass is 262 g/mol. The molecule has 0 aliphatic carbocycles. The number of aryl methyl sites for hydroxylation is 1. The minimum absolute atomic E-state index is 0.0176. The Bertz CT molecular complexity index is 746. The van der Waals surface area contributed by atoms with Gasteiger partial charge in [0.25, 0.3) is 5.24 Å². The Labute approximate surface area is 106 Å². The maximum atomic E-state index is 11.2. The molecule has 8 heteroatoms. The molecule has 0 bridgehead atoms. The summed E-state index contributed by atoms with van der Waals surface area (Å²) in [6.07, 6.45) is 0. The van der Waals surface area contributed by atoms with E-state index in [0.29, 0.717) is 5.52 Å². The molecule has 3 aromatic rings. The smallest absolute Gasteiger partial charge is 0.274 e. The molecule has 7 nitrogen and oxygen atoms in total. The molecule has 0 unspecified atom stereocenters. The number of halogens is 1. The predicted octanol–water partition coefficient (Wildman–Crippen LogP) is 1.23. The third-order valence-corrected chi connectivity index (χ3v) is 2.70. The summed E-state index contributed by atoms with van der Waals surface area (Å²) in [5, 5.41) is 17.2.